The number of rotatable bonds is 0. The van der Waals surface area contributed by atoms with Crippen LogP contribution in [0, 0.1) is 6.92 Å². The normalized spacial score (nSPS) is 21.4. The van der Waals surface area contributed by atoms with Crippen LogP contribution in [0.5, 0.6) is 0 Å². The van der Waals surface area contributed by atoms with Crippen LogP contribution in [-0.4, -0.2) is 31.6 Å². The van der Waals surface area contributed by atoms with E-state index in [-0.39, 0.29) is 5.75 Å². The van der Waals surface area contributed by atoms with Crippen molar-refractivity contribution in [3.05, 3.63) is 59.2 Å². The highest BCUT2D eigenvalue weighted by atomic mass is 35.5. The third-order valence-corrected chi connectivity index (χ3v) is 6.67. The van der Waals surface area contributed by atoms with Crippen molar-refractivity contribution in [3.8, 4) is 0 Å². The lowest BCUT2D eigenvalue weighted by Gasteiger charge is -2.30. The molecule has 2 heterocycles. The minimum Gasteiger partial charge on any atom is -0.337 e. The van der Waals surface area contributed by atoms with Crippen molar-refractivity contribution < 1.29 is 8.42 Å². The largest absolute Gasteiger partial charge is 0.337 e. The molecular weight excluding hydrogens is 358 g/mol. The monoisotopic (exact) mass is 375 g/mol. The summed E-state index contributed by atoms with van der Waals surface area (Å²) in [6.45, 7) is 2.86. The Morgan fingerprint density at radius 2 is 2.04 bits per heavy atom. The third kappa shape index (κ3) is 3.00. The molecule has 1 atom stereocenters. The molecule has 2 aliphatic heterocycles. The van der Waals surface area contributed by atoms with Gasteiger partial charge in [-0.3, -0.25) is 0 Å². The average molecular weight is 376 g/mol. The van der Waals surface area contributed by atoms with E-state index in [4.69, 9.17) is 11.6 Å². The first-order valence-corrected chi connectivity index (χ1v) is 10.2. The first-order chi connectivity index (χ1) is 11.9. The topological polar surface area (TPSA) is 61.8 Å². The Labute approximate surface area is 152 Å². The van der Waals surface area contributed by atoms with E-state index in [2.05, 4.69) is 10.3 Å². The summed E-state index contributed by atoms with van der Waals surface area (Å²) in [5, 5.41) is 3.31. The Balaban J connectivity index is 1.69. The van der Waals surface area contributed by atoms with Crippen molar-refractivity contribution in [2.45, 2.75) is 23.9 Å². The number of sulfone groups is 1. The average Bonchev–Trinajstić information content (AvgIpc) is 2.72. The smallest absolute Gasteiger partial charge is 0.200 e. The van der Waals surface area contributed by atoms with Gasteiger partial charge in [-0.1, -0.05) is 47.5 Å². The molecule has 2 aromatic rings. The Morgan fingerprint density at radius 1 is 1.24 bits per heavy atom. The minimum atomic E-state index is -3.29. The lowest BCUT2D eigenvalue weighted by atomic mass is 10.1. The summed E-state index contributed by atoms with van der Waals surface area (Å²) in [7, 11) is -3.29. The van der Waals surface area contributed by atoms with Gasteiger partial charge in [0.1, 0.15) is 0 Å². The Hall–Kier alpha value is -2.05. The summed E-state index contributed by atoms with van der Waals surface area (Å²) in [5.74, 6) is 0.668. The zero-order chi connectivity index (χ0) is 17.6. The van der Waals surface area contributed by atoms with Crippen LogP contribution in [0.2, 0.25) is 0 Å². The number of nitrogens with zero attached hydrogens (tertiary/aromatic N) is 2. The molecular formula is C18H18ClN3O2S. The van der Waals surface area contributed by atoms with Gasteiger partial charge in [0, 0.05) is 24.3 Å². The molecule has 0 aliphatic carbocycles. The van der Waals surface area contributed by atoms with Crippen molar-refractivity contribution >= 4 is 33.1 Å². The SMILES string of the molecule is Cc1ccc2c(c1)C(Cl)N=C(N1CCS(=O)(=O)c3ccccc3C1)N2. The van der Waals surface area contributed by atoms with Gasteiger partial charge in [-0.15, -0.1) is 0 Å². The number of alkyl halides is 1. The molecule has 0 saturated carbocycles. The second-order valence-electron chi connectivity index (χ2n) is 6.35. The molecule has 7 heteroatoms. The van der Waals surface area contributed by atoms with E-state index < -0.39 is 15.3 Å². The van der Waals surface area contributed by atoms with Gasteiger partial charge in [-0.2, -0.15) is 0 Å². The van der Waals surface area contributed by atoms with E-state index in [0.29, 0.717) is 23.9 Å². The van der Waals surface area contributed by atoms with Gasteiger partial charge in [-0.05, 0) is 24.6 Å². The molecule has 0 amide bonds. The highest BCUT2D eigenvalue weighted by Crippen LogP contribution is 2.34. The number of guanidine groups is 1. The molecule has 2 aliphatic rings. The fraction of sp³-hybridized carbons (Fsp3) is 0.278. The van der Waals surface area contributed by atoms with Crippen molar-refractivity contribution in [1.82, 2.24) is 4.90 Å². The highest BCUT2D eigenvalue weighted by Gasteiger charge is 2.29. The molecule has 4 rings (SSSR count). The maximum atomic E-state index is 12.5. The van der Waals surface area contributed by atoms with Gasteiger partial charge in [-0.25, -0.2) is 13.4 Å². The summed E-state index contributed by atoms with van der Waals surface area (Å²) in [6, 6.07) is 13.2. The Kier molecular flexibility index (Phi) is 3.96. The first kappa shape index (κ1) is 16.4. The molecule has 0 radical (unpaired) electrons. The second kappa shape index (κ2) is 6.04. The predicted molar refractivity (Wildman–Crippen MR) is 99.7 cm³/mol. The Morgan fingerprint density at radius 3 is 2.88 bits per heavy atom. The van der Waals surface area contributed by atoms with Gasteiger partial charge in [0.25, 0.3) is 0 Å². The predicted octanol–water partition coefficient (Wildman–Crippen LogP) is 3.30. The lowest BCUT2D eigenvalue weighted by Crippen LogP contribution is -2.39. The molecule has 0 fully saturated rings. The van der Waals surface area contributed by atoms with E-state index in [1.807, 2.05) is 42.2 Å². The summed E-state index contributed by atoms with van der Waals surface area (Å²) >= 11 is 6.46. The molecule has 0 aromatic heterocycles. The molecule has 5 nitrogen and oxygen atoms in total. The van der Waals surface area contributed by atoms with Crippen molar-refractivity contribution in [1.29, 1.82) is 0 Å². The molecule has 0 spiro atoms. The van der Waals surface area contributed by atoms with Crippen molar-refractivity contribution in [2.24, 2.45) is 4.99 Å². The summed E-state index contributed by atoms with van der Waals surface area (Å²) in [5.41, 5.74) is 3.27. The van der Waals surface area contributed by atoms with Crippen LogP contribution in [-0.2, 0) is 16.4 Å². The van der Waals surface area contributed by atoms with Gasteiger partial charge in [0.2, 0.25) is 5.96 Å². The number of nitrogens with one attached hydrogen (secondary N) is 1. The zero-order valence-electron chi connectivity index (χ0n) is 13.7. The van der Waals surface area contributed by atoms with Crippen LogP contribution < -0.4 is 5.32 Å². The van der Waals surface area contributed by atoms with Crippen LogP contribution in [0.1, 0.15) is 22.2 Å². The number of benzene rings is 2. The fourth-order valence-electron chi connectivity index (χ4n) is 3.23. The highest BCUT2D eigenvalue weighted by molar-refractivity contribution is 7.91. The van der Waals surface area contributed by atoms with Crippen LogP contribution in [0.15, 0.2) is 52.4 Å². The number of hydrogen-bond donors (Lipinski definition) is 1. The summed E-state index contributed by atoms with van der Waals surface area (Å²) in [4.78, 5) is 6.91. The van der Waals surface area contributed by atoms with E-state index >= 15 is 0 Å². The van der Waals surface area contributed by atoms with Crippen LogP contribution in [0.3, 0.4) is 0 Å². The van der Waals surface area contributed by atoms with Gasteiger partial charge in [0.15, 0.2) is 15.3 Å². The maximum Gasteiger partial charge on any atom is 0.200 e. The number of aryl methyl sites for hydroxylation is 1. The van der Waals surface area contributed by atoms with Gasteiger partial charge >= 0.3 is 0 Å². The molecule has 1 N–H and O–H groups in total. The van der Waals surface area contributed by atoms with E-state index in [9.17, 15) is 8.42 Å². The lowest BCUT2D eigenvalue weighted by molar-refractivity contribution is 0.433. The maximum absolute atomic E-state index is 12.5. The summed E-state index contributed by atoms with van der Waals surface area (Å²) < 4.78 is 25.0. The molecule has 0 saturated heterocycles. The molecule has 0 bridgehead atoms. The Bertz CT molecular complexity index is 972. The van der Waals surface area contributed by atoms with E-state index in [1.165, 1.54) is 0 Å². The summed E-state index contributed by atoms with van der Waals surface area (Å²) in [6.07, 6.45) is 0. The molecule has 2 aromatic carbocycles. The van der Waals surface area contributed by atoms with Crippen molar-refractivity contribution in [2.75, 3.05) is 17.6 Å². The third-order valence-electron chi connectivity index (χ3n) is 4.54. The van der Waals surface area contributed by atoms with Crippen molar-refractivity contribution in [3.63, 3.8) is 0 Å². The standard InChI is InChI=1S/C18H18ClN3O2S/c1-12-6-7-15-14(10-12)17(19)21-18(20-15)22-8-9-25(23,24)16-5-3-2-4-13(16)11-22/h2-7,10,17H,8-9,11H2,1H3,(H,20,21). The van der Waals surface area contributed by atoms with E-state index in [1.54, 1.807) is 12.1 Å². The van der Waals surface area contributed by atoms with Gasteiger partial charge in [0.05, 0.1) is 10.6 Å². The number of halogens is 1. The van der Waals surface area contributed by atoms with E-state index in [0.717, 1.165) is 22.4 Å². The molecule has 130 valence electrons. The molecule has 1 unspecified atom stereocenters. The first-order valence-electron chi connectivity index (χ1n) is 8.09. The van der Waals surface area contributed by atoms with Crippen LogP contribution in [0.4, 0.5) is 5.69 Å². The minimum absolute atomic E-state index is 0.0540. The van der Waals surface area contributed by atoms with Crippen LogP contribution in [0.25, 0.3) is 0 Å². The van der Waals surface area contributed by atoms with Crippen LogP contribution >= 0.6 is 11.6 Å². The molecule has 25 heavy (non-hydrogen) atoms. The number of aliphatic imine (C=N–C) groups is 1. The number of fused-ring (bicyclic) bond motifs is 2. The quantitative estimate of drug-likeness (QED) is 0.567. The van der Waals surface area contributed by atoms with Gasteiger partial charge < -0.3 is 10.2 Å². The fourth-order valence-corrected chi connectivity index (χ4v) is 5.00. The zero-order valence-corrected chi connectivity index (χ0v) is 15.3. The second-order valence-corrected chi connectivity index (χ2v) is 8.84. The number of anilines is 1. The number of hydrogen-bond acceptors (Lipinski definition) is 5.